The van der Waals surface area contributed by atoms with Crippen molar-refractivity contribution in [3.8, 4) is 0 Å². The lowest BCUT2D eigenvalue weighted by Crippen LogP contribution is -2.05. The van der Waals surface area contributed by atoms with Gasteiger partial charge in [-0.2, -0.15) is 0 Å². The fourth-order valence-electron chi connectivity index (χ4n) is 0.864. The average Bonchev–Trinajstić information content (AvgIpc) is 2.15. The summed E-state index contributed by atoms with van der Waals surface area (Å²) in [5, 5.41) is 0.618. The van der Waals surface area contributed by atoms with Gasteiger partial charge in [-0.1, -0.05) is 18.5 Å². The lowest BCUT2D eigenvalue weighted by atomic mass is 10.2. The summed E-state index contributed by atoms with van der Waals surface area (Å²) in [7, 11) is 0. The van der Waals surface area contributed by atoms with E-state index in [1.165, 1.54) is 0 Å². The molecule has 0 aliphatic heterocycles. The molecule has 0 amide bonds. The summed E-state index contributed by atoms with van der Waals surface area (Å²) in [4.78, 5) is 11.2. The Morgan fingerprint density at radius 1 is 1.38 bits per heavy atom. The van der Waals surface area contributed by atoms with Crippen LogP contribution < -0.4 is 0 Å². The molecular weight excluding hydrogens is 188 g/mol. The Morgan fingerprint density at radius 2 is 2.00 bits per heavy atom. The fraction of sp³-hybridized carbons (Fsp3) is 0.300. The molecule has 0 N–H and O–H groups in total. The predicted molar refractivity (Wildman–Crippen MR) is 52.0 cm³/mol. The van der Waals surface area contributed by atoms with Crippen molar-refractivity contribution in [2.75, 3.05) is 6.61 Å². The second-order valence-corrected chi connectivity index (χ2v) is 3.08. The molecule has 1 aromatic rings. The van der Waals surface area contributed by atoms with Gasteiger partial charge in [-0.05, 0) is 30.7 Å². The largest absolute Gasteiger partial charge is 0.462 e. The van der Waals surface area contributed by atoms with Crippen LogP contribution in [0.3, 0.4) is 0 Å². The number of hydrogen-bond donors (Lipinski definition) is 0. The van der Waals surface area contributed by atoms with Gasteiger partial charge in [0.25, 0.3) is 0 Å². The second kappa shape index (κ2) is 4.87. The highest BCUT2D eigenvalue weighted by molar-refractivity contribution is 6.30. The molecule has 0 radical (unpaired) electrons. The number of ether oxygens (including phenoxy) is 1. The van der Waals surface area contributed by atoms with Crippen molar-refractivity contribution < 1.29 is 9.53 Å². The smallest absolute Gasteiger partial charge is 0.338 e. The Balaban J connectivity index is 2.61. The molecule has 3 heteroatoms. The molecular formula is C10H11ClO2. The van der Waals surface area contributed by atoms with Crippen LogP contribution in [0, 0.1) is 0 Å². The van der Waals surface area contributed by atoms with Gasteiger partial charge in [-0.3, -0.25) is 0 Å². The van der Waals surface area contributed by atoms with Crippen molar-refractivity contribution in [3.05, 3.63) is 34.9 Å². The molecule has 0 spiro atoms. The quantitative estimate of drug-likeness (QED) is 0.699. The van der Waals surface area contributed by atoms with Crippen LogP contribution in [0.1, 0.15) is 23.7 Å². The van der Waals surface area contributed by atoms with Gasteiger partial charge in [-0.15, -0.1) is 0 Å². The first-order valence-corrected chi connectivity index (χ1v) is 4.54. The van der Waals surface area contributed by atoms with Crippen LogP contribution in [-0.4, -0.2) is 12.6 Å². The first-order valence-electron chi connectivity index (χ1n) is 4.16. The van der Waals surface area contributed by atoms with E-state index in [2.05, 4.69) is 0 Å². The number of rotatable bonds is 3. The molecule has 1 aromatic carbocycles. The third-order valence-corrected chi connectivity index (χ3v) is 1.77. The SMILES string of the molecule is CCCOC(=O)c1ccc(Cl)cc1. The molecule has 0 aliphatic rings. The Bertz CT molecular complexity index is 279. The van der Waals surface area contributed by atoms with Gasteiger partial charge in [0.2, 0.25) is 0 Å². The molecule has 0 saturated carbocycles. The minimum atomic E-state index is -0.293. The van der Waals surface area contributed by atoms with Crippen LogP contribution in [0.15, 0.2) is 24.3 Å². The second-order valence-electron chi connectivity index (χ2n) is 2.64. The Hall–Kier alpha value is -1.02. The minimum Gasteiger partial charge on any atom is -0.462 e. The van der Waals surface area contributed by atoms with Crippen LogP contribution in [0.25, 0.3) is 0 Å². The van der Waals surface area contributed by atoms with E-state index in [0.29, 0.717) is 17.2 Å². The Kier molecular flexibility index (Phi) is 3.77. The van der Waals surface area contributed by atoms with Crippen molar-refractivity contribution >= 4 is 17.6 Å². The number of halogens is 1. The van der Waals surface area contributed by atoms with Crippen molar-refractivity contribution in [2.45, 2.75) is 13.3 Å². The molecule has 0 heterocycles. The van der Waals surface area contributed by atoms with Gasteiger partial charge in [-0.25, -0.2) is 4.79 Å². The molecule has 13 heavy (non-hydrogen) atoms. The Labute approximate surface area is 82.5 Å². The van der Waals surface area contributed by atoms with Crippen LogP contribution in [-0.2, 0) is 4.74 Å². The Morgan fingerprint density at radius 3 is 2.54 bits per heavy atom. The molecule has 0 fully saturated rings. The van der Waals surface area contributed by atoms with Crippen LogP contribution in [0.5, 0.6) is 0 Å². The third kappa shape index (κ3) is 3.07. The third-order valence-electron chi connectivity index (χ3n) is 1.52. The molecule has 70 valence electrons. The van der Waals surface area contributed by atoms with E-state index in [4.69, 9.17) is 16.3 Å². The van der Waals surface area contributed by atoms with E-state index in [-0.39, 0.29) is 5.97 Å². The summed E-state index contributed by atoms with van der Waals surface area (Å²) in [6.45, 7) is 2.41. The molecule has 0 atom stereocenters. The van der Waals surface area contributed by atoms with Gasteiger partial charge >= 0.3 is 5.97 Å². The monoisotopic (exact) mass is 198 g/mol. The van der Waals surface area contributed by atoms with Gasteiger partial charge in [0.05, 0.1) is 12.2 Å². The van der Waals surface area contributed by atoms with Crippen LogP contribution >= 0.6 is 11.6 Å². The summed E-state index contributed by atoms with van der Waals surface area (Å²) in [6, 6.07) is 6.65. The van der Waals surface area contributed by atoms with E-state index in [0.717, 1.165) is 6.42 Å². The van der Waals surface area contributed by atoms with Crippen molar-refractivity contribution in [2.24, 2.45) is 0 Å². The highest BCUT2D eigenvalue weighted by Gasteiger charge is 2.04. The fourth-order valence-corrected chi connectivity index (χ4v) is 0.990. The number of carbonyl (C=O) groups excluding carboxylic acids is 1. The first kappa shape index (κ1) is 10.1. The topological polar surface area (TPSA) is 26.3 Å². The lowest BCUT2D eigenvalue weighted by Gasteiger charge is -2.02. The standard InChI is InChI=1S/C10H11ClO2/c1-2-7-13-10(12)8-3-5-9(11)6-4-8/h3-6H,2,7H2,1H3. The zero-order valence-corrected chi connectivity index (χ0v) is 8.17. The van der Waals surface area contributed by atoms with Gasteiger partial charge in [0.1, 0.15) is 0 Å². The zero-order valence-electron chi connectivity index (χ0n) is 7.42. The van der Waals surface area contributed by atoms with Crippen LogP contribution in [0.2, 0.25) is 5.02 Å². The van der Waals surface area contributed by atoms with Crippen molar-refractivity contribution in [3.63, 3.8) is 0 Å². The zero-order chi connectivity index (χ0) is 9.68. The molecule has 0 bridgehead atoms. The maximum absolute atomic E-state index is 11.2. The molecule has 0 aromatic heterocycles. The molecule has 1 rings (SSSR count). The van der Waals surface area contributed by atoms with E-state index in [9.17, 15) is 4.79 Å². The molecule has 0 aliphatic carbocycles. The highest BCUT2D eigenvalue weighted by Crippen LogP contribution is 2.10. The van der Waals surface area contributed by atoms with E-state index in [1.807, 2.05) is 6.92 Å². The summed E-state index contributed by atoms with van der Waals surface area (Å²) in [6.07, 6.45) is 0.833. The number of hydrogen-bond acceptors (Lipinski definition) is 2. The first-order chi connectivity index (χ1) is 6.24. The minimum absolute atomic E-state index is 0.293. The molecule has 0 saturated heterocycles. The van der Waals surface area contributed by atoms with E-state index < -0.39 is 0 Å². The van der Waals surface area contributed by atoms with Gasteiger partial charge in [0, 0.05) is 5.02 Å². The van der Waals surface area contributed by atoms with E-state index in [1.54, 1.807) is 24.3 Å². The van der Waals surface area contributed by atoms with Crippen LogP contribution in [0.4, 0.5) is 0 Å². The van der Waals surface area contributed by atoms with Crippen molar-refractivity contribution in [1.29, 1.82) is 0 Å². The normalized spacial score (nSPS) is 9.69. The summed E-state index contributed by atoms with van der Waals surface area (Å²) >= 11 is 5.67. The highest BCUT2D eigenvalue weighted by atomic mass is 35.5. The van der Waals surface area contributed by atoms with Gasteiger partial charge < -0.3 is 4.74 Å². The molecule has 0 unspecified atom stereocenters. The molecule has 2 nitrogen and oxygen atoms in total. The van der Waals surface area contributed by atoms with Crippen molar-refractivity contribution in [1.82, 2.24) is 0 Å². The summed E-state index contributed by atoms with van der Waals surface area (Å²) < 4.78 is 4.94. The maximum atomic E-state index is 11.2. The number of benzene rings is 1. The average molecular weight is 199 g/mol. The summed E-state index contributed by atoms with van der Waals surface area (Å²) in [5.41, 5.74) is 0.540. The van der Waals surface area contributed by atoms with E-state index >= 15 is 0 Å². The van der Waals surface area contributed by atoms with Gasteiger partial charge in [0.15, 0.2) is 0 Å². The maximum Gasteiger partial charge on any atom is 0.338 e. The predicted octanol–water partition coefficient (Wildman–Crippen LogP) is 2.91. The summed E-state index contributed by atoms with van der Waals surface area (Å²) in [5.74, 6) is -0.293. The number of carbonyl (C=O) groups is 1. The number of esters is 1. The lowest BCUT2D eigenvalue weighted by molar-refractivity contribution is 0.0505.